The molecule has 1 unspecified atom stereocenters. The molecule has 2 aliphatic rings. The van der Waals surface area contributed by atoms with Gasteiger partial charge in [0.2, 0.25) is 9.70 Å². The Labute approximate surface area is 206 Å². The summed E-state index contributed by atoms with van der Waals surface area (Å²) in [6, 6.07) is 10.3. The number of aryl methyl sites for hydroxylation is 1. The van der Waals surface area contributed by atoms with Crippen LogP contribution in [0.3, 0.4) is 0 Å². The van der Waals surface area contributed by atoms with Crippen LogP contribution in [0.4, 0.5) is 0 Å². The Hall–Kier alpha value is -0.750. The molecule has 1 aromatic rings. The minimum Gasteiger partial charge on any atom is -0.360 e. The van der Waals surface area contributed by atoms with Crippen molar-refractivity contribution in [3.8, 4) is 0 Å². The summed E-state index contributed by atoms with van der Waals surface area (Å²) < 4.78 is -1.65. The molecule has 1 aliphatic heterocycles. The third kappa shape index (κ3) is 7.38. The summed E-state index contributed by atoms with van der Waals surface area (Å²) >= 11 is 24.8. The average Bonchev–Trinajstić information content (AvgIpc) is 3.24. The molecular weight excluding hydrogens is 473 g/mol. The second-order valence-electron chi connectivity index (χ2n) is 8.53. The summed E-state index contributed by atoms with van der Waals surface area (Å²) in [5, 5.41) is 4.10. The zero-order valence-electron chi connectivity index (χ0n) is 17.9. The molecule has 1 atom stereocenters. The quantitative estimate of drug-likeness (QED) is 0.413. The van der Waals surface area contributed by atoms with Gasteiger partial charge in [-0.2, -0.15) is 0 Å². The summed E-state index contributed by atoms with van der Waals surface area (Å²) in [5.74, 6) is -0.0204. The van der Waals surface area contributed by atoms with Crippen molar-refractivity contribution < 1.29 is 4.79 Å². The zero-order chi connectivity index (χ0) is 22.3. The highest BCUT2D eigenvalue weighted by Crippen LogP contribution is 2.38. The first-order chi connectivity index (χ1) is 14.9. The number of alkyl halides is 3. The van der Waals surface area contributed by atoms with Gasteiger partial charge in [0.15, 0.2) is 11.3 Å². The summed E-state index contributed by atoms with van der Waals surface area (Å²) in [5.41, 5.74) is 1.12. The van der Waals surface area contributed by atoms with Crippen LogP contribution in [0.25, 0.3) is 0 Å². The first-order valence-electron chi connectivity index (χ1n) is 11.3. The number of nitrogens with zero attached hydrogens (tertiary/aromatic N) is 2. The van der Waals surface area contributed by atoms with Crippen LogP contribution in [0, 0.1) is 0 Å². The number of nitrogens with one attached hydrogen (secondary N) is 1. The molecular formula is C23H32Cl3N3OS. The maximum atomic E-state index is 13.0. The summed E-state index contributed by atoms with van der Waals surface area (Å²) in [6.07, 6.45) is 10.1. The molecule has 1 aliphatic carbocycles. The largest absolute Gasteiger partial charge is 0.360 e. The Morgan fingerprint density at radius 3 is 2.16 bits per heavy atom. The molecule has 0 spiro atoms. The highest BCUT2D eigenvalue weighted by Gasteiger charge is 2.48. The van der Waals surface area contributed by atoms with E-state index in [2.05, 4.69) is 5.32 Å². The van der Waals surface area contributed by atoms with E-state index in [0.29, 0.717) is 37.1 Å². The van der Waals surface area contributed by atoms with Crippen LogP contribution in [-0.2, 0) is 11.2 Å². The second-order valence-corrected chi connectivity index (χ2v) is 11.3. The van der Waals surface area contributed by atoms with Crippen molar-refractivity contribution >= 4 is 58.0 Å². The van der Waals surface area contributed by atoms with Crippen molar-refractivity contribution in [1.82, 2.24) is 15.1 Å². The molecule has 31 heavy (non-hydrogen) atoms. The first kappa shape index (κ1) is 24.9. The average molecular weight is 505 g/mol. The molecule has 1 aromatic carbocycles. The summed E-state index contributed by atoms with van der Waals surface area (Å²) in [4.78, 5) is 16.6. The standard InChI is InChI=1S/C23H32Cl3N3OS/c24-23(25,26)21-28(20(30)15-14-18-10-6-5-7-11-18)16-17-29(21)22(31)27-19-12-8-3-1-2-4-9-13-19/h5-7,10-11,19,21H,1-4,8-9,12-17H2,(H,27,31). The van der Waals surface area contributed by atoms with Crippen LogP contribution in [0.1, 0.15) is 63.4 Å². The molecule has 3 rings (SSSR count). The van der Waals surface area contributed by atoms with Gasteiger partial charge in [-0.15, -0.1) is 0 Å². The topological polar surface area (TPSA) is 35.6 Å². The Kier molecular flexibility index (Phi) is 9.57. The van der Waals surface area contributed by atoms with Gasteiger partial charge in [0.1, 0.15) is 0 Å². The third-order valence-corrected chi connectivity index (χ3v) is 7.14. The number of hydrogen-bond donors (Lipinski definition) is 1. The van der Waals surface area contributed by atoms with E-state index in [0.717, 1.165) is 18.4 Å². The smallest absolute Gasteiger partial charge is 0.228 e. The van der Waals surface area contributed by atoms with E-state index in [1.54, 1.807) is 4.90 Å². The van der Waals surface area contributed by atoms with E-state index >= 15 is 0 Å². The van der Waals surface area contributed by atoms with E-state index in [1.165, 1.54) is 38.5 Å². The number of rotatable bonds is 4. The molecule has 0 bridgehead atoms. The fourth-order valence-electron chi connectivity index (χ4n) is 4.53. The lowest BCUT2D eigenvalue weighted by molar-refractivity contribution is -0.132. The Morgan fingerprint density at radius 1 is 0.968 bits per heavy atom. The van der Waals surface area contributed by atoms with E-state index in [9.17, 15) is 4.79 Å². The minimum atomic E-state index is -1.65. The molecule has 1 amide bonds. The number of amides is 1. The molecule has 1 saturated heterocycles. The fourth-order valence-corrected chi connectivity index (χ4v) is 5.59. The lowest BCUT2D eigenvalue weighted by atomic mass is 10.1. The Balaban J connectivity index is 1.63. The SMILES string of the molecule is O=C(CCc1ccccc1)N1CCN(C(=S)NC2CCCCCCCC2)C1C(Cl)(Cl)Cl. The van der Waals surface area contributed by atoms with Gasteiger partial charge in [-0.1, -0.05) is 104 Å². The monoisotopic (exact) mass is 503 g/mol. The molecule has 1 saturated carbocycles. The molecule has 0 radical (unpaired) electrons. The van der Waals surface area contributed by atoms with Crippen molar-refractivity contribution in [1.29, 1.82) is 0 Å². The lowest BCUT2D eigenvalue weighted by Gasteiger charge is -2.37. The van der Waals surface area contributed by atoms with Gasteiger partial charge in [0.05, 0.1) is 0 Å². The van der Waals surface area contributed by atoms with E-state index in [-0.39, 0.29) is 5.91 Å². The molecule has 1 N–H and O–H groups in total. The zero-order valence-corrected chi connectivity index (χ0v) is 21.0. The van der Waals surface area contributed by atoms with Crippen molar-refractivity contribution in [2.75, 3.05) is 13.1 Å². The van der Waals surface area contributed by atoms with Crippen LogP contribution in [0.5, 0.6) is 0 Å². The molecule has 172 valence electrons. The van der Waals surface area contributed by atoms with Crippen molar-refractivity contribution in [3.63, 3.8) is 0 Å². The summed E-state index contributed by atoms with van der Waals surface area (Å²) in [6.45, 7) is 1.06. The van der Waals surface area contributed by atoms with E-state index in [1.807, 2.05) is 35.2 Å². The third-order valence-electron chi connectivity index (χ3n) is 6.20. The molecule has 4 nitrogen and oxygen atoms in total. The van der Waals surface area contributed by atoms with Crippen LogP contribution in [0.2, 0.25) is 0 Å². The Morgan fingerprint density at radius 2 is 1.55 bits per heavy atom. The van der Waals surface area contributed by atoms with Crippen LogP contribution < -0.4 is 5.32 Å². The number of hydrogen-bond acceptors (Lipinski definition) is 2. The van der Waals surface area contributed by atoms with Crippen LogP contribution in [-0.4, -0.2) is 49.9 Å². The maximum Gasteiger partial charge on any atom is 0.228 e. The molecule has 2 fully saturated rings. The van der Waals surface area contributed by atoms with Crippen molar-refractivity contribution in [3.05, 3.63) is 35.9 Å². The predicted octanol–water partition coefficient (Wildman–Crippen LogP) is 5.84. The van der Waals surface area contributed by atoms with Gasteiger partial charge < -0.3 is 15.1 Å². The van der Waals surface area contributed by atoms with Crippen LogP contribution >= 0.6 is 47.0 Å². The van der Waals surface area contributed by atoms with Gasteiger partial charge >= 0.3 is 0 Å². The van der Waals surface area contributed by atoms with Gasteiger partial charge in [-0.05, 0) is 37.0 Å². The van der Waals surface area contributed by atoms with Crippen LogP contribution in [0.15, 0.2) is 30.3 Å². The number of carbonyl (C=O) groups is 1. The van der Waals surface area contributed by atoms with Gasteiger partial charge in [0.25, 0.3) is 0 Å². The van der Waals surface area contributed by atoms with E-state index in [4.69, 9.17) is 47.0 Å². The van der Waals surface area contributed by atoms with Crippen molar-refractivity contribution in [2.45, 2.75) is 80.2 Å². The van der Waals surface area contributed by atoms with Gasteiger partial charge in [-0.3, -0.25) is 4.79 Å². The van der Waals surface area contributed by atoms with Gasteiger partial charge in [0, 0.05) is 25.6 Å². The van der Waals surface area contributed by atoms with Crippen molar-refractivity contribution in [2.24, 2.45) is 0 Å². The fraction of sp³-hybridized carbons (Fsp3) is 0.652. The summed E-state index contributed by atoms with van der Waals surface area (Å²) in [7, 11) is 0. The predicted molar refractivity (Wildman–Crippen MR) is 134 cm³/mol. The highest BCUT2D eigenvalue weighted by molar-refractivity contribution is 7.80. The minimum absolute atomic E-state index is 0.0204. The molecule has 1 heterocycles. The number of carbonyl (C=O) groups excluding carboxylic acids is 1. The molecule has 8 heteroatoms. The maximum absolute atomic E-state index is 13.0. The second kappa shape index (κ2) is 11.9. The van der Waals surface area contributed by atoms with E-state index < -0.39 is 9.96 Å². The number of benzene rings is 1. The molecule has 0 aromatic heterocycles. The first-order valence-corrected chi connectivity index (χ1v) is 12.9. The number of halogens is 3. The van der Waals surface area contributed by atoms with Gasteiger partial charge in [-0.25, -0.2) is 0 Å². The highest BCUT2D eigenvalue weighted by atomic mass is 35.6. The lowest BCUT2D eigenvalue weighted by Crippen LogP contribution is -2.55. The Bertz CT molecular complexity index is 719. The number of thiocarbonyl (C=S) groups is 1. The normalized spacial score (nSPS) is 21.3.